The van der Waals surface area contributed by atoms with Crippen LogP contribution in [0.2, 0.25) is 0 Å². The first kappa shape index (κ1) is 16.6. The van der Waals surface area contributed by atoms with Crippen LogP contribution in [0, 0.1) is 0 Å². The summed E-state index contributed by atoms with van der Waals surface area (Å²) >= 11 is 0. The Morgan fingerprint density at radius 1 is 1.08 bits per heavy atom. The molecule has 1 aliphatic rings. The number of aromatic nitrogens is 3. The molecule has 0 spiro atoms. The van der Waals surface area contributed by atoms with E-state index < -0.39 is 6.10 Å². The fourth-order valence-corrected chi connectivity index (χ4v) is 3.53. The van der Waals surface area contributed by atoms with Gasteiger partial charge in [0, 0.05) is 19.1 Å². The van der Waals surface area contributed by atoms with Gasteiger partial charge in [-0.2, -0.15) is 0 Å². The first-order valence-corrected chi connectivity index (χ1v) is 8.99. The molecule has 0 N–H and O–H groups in total. The molecule has 0 aliphatic carbocycles. The molecule has 1 saturated heterocycles. The summed E-state index contributed by atoms with van der Waals surface area (Å²) in [4.78, 5) is 14.6. The summed E-state index contributed by atoms with van der Waals surface area (Å²) in [5, 5.41) is 9.99. The molecule has 4 rings (SSSR count). The van der Waals surface area contributed by atoms with Crippen molar-refractivity contribution in [2.45, 2.75) is 31.9 Å². The number of hydrogen-bond acceptors (Lipinski definition) is 4. The summed E-state index contributed by atoms with van der Waals surface area (Å²) in [6.45, 7) is 3.28. The molecule has 26 heavy (non-hydrogen) atoms. The van der Waals surface area contributed by atoms with E-state index in [9.17, 15) is 4.79 Å². The Bertz CT molecular complexity index is 886. The van der Waals surface area contributed by atoms with Gasteiger partial charge in [0.2, 0.25) is 0 Å². The number of ether oxygens (including phenoxy) is 1. The molecule has 2 heterocycles. The van der Waals surface area contributed by atoms with Gasteiger partial charge in [-0.15, -0.1) is 10.2 Å². The highest BCUT2D eigenvalue weighted by atomic mass is 16.5. The Balaban J connectivity index is 1.37. The van der Waals surface area contributed by atoms with Crippen molar-refractivity contribution < 1.29 is 9.53 Å². The van der Waals surface area contributed by atoms with E-state index >= 15 is 0 Å². The largest absolute Gasteiger partial charge is 0.481 e. The van der Waals surface area contributed by atoms with E-state index in [0.717, 1.165) is 42.5 Å². The first-order chi connectivity index (χ1) is 12.7. The van der Waals surface area contributed by atoms with Gasteiger partial charge in [0.15, 0.2) is 6.10 Å². The van der Waals surface area contributed by atoms with Gasteiger partial charge >= 0.3 is 0 Å². The van der Waals surface area contributed by atoms with Crippen LogP contribution in [-0.2, 0) is 4.79 Å². The lowest BCUT2D eigenvalue weighted by molar-refractivity contribution is -0.139. The van der Waals surface area contributed by atoms with E-state index in [2.05, 4.69) is 16.3 Å². The lowest BCUT2D eigenvalue weighted by atomic mass is 10.0. The van der Waals surface area contributed by atoms with Crippen LogP contribution >= 0.6 is 0 Å². The zero-order chi connectivity index (χ0) is 17.9. The number of rotatable bonds is 4. The summed E-state index contributed by atoms with van der Waals surface area (Å²) in [5.41, 5.74) is 0. The number of piperidine rings is 1. The van der Waals surface area contributed by atoms with Crippen LogP contribution in [0.1, 0.15) is 25.8 Å². The van der Waals surface area contributed by atoms with Crippen molar-refractivity contribution in [2.24, 2.45) is 0 Å². The highest BCUT2D eigenvalue weighted by Crippen LogP contribution is 2.24. The average molecular weight is 350 g/mol. The number of hydrogen-bond donors (Lipinski definition) is 0. The number of carbonyl (C=O) groups is 1. The van der Waals surface area contributed by atoms with E-state index in [1.54, 1.807) is 12.7 Å². The predicted octanol–water partition coefficient (Wildman–Crippen LogP) is 3.06. The zero-order valence-corrected chi connectivity index (χ0v) is 14.8. The van der Waals surface area contributed by atoms with Crippen LogP contribution < -0.4 is 4.74 Å². The molecule has 134 valence electrons. The summed E-state index contributed by atoms with van der Waals surface area (Å²) < 4.78 is 7.94. The molecular weight excluding hydrogens is 328 g/mol. The number of carbonyl (C=O) groups excluding carboxylic acids is 1. The smallest absolute Gasteiger partial charge is 0.263 e. The maximum absolute atomic E-state index is 12.7. The molecule has 0 unspecified atom stereocenters. The molecule has 1 aliphatic heterocycles. The van der Waals surface area contributed by atoms with E-state index in [4.69, 9.17) is 4.74 Å². The summed E-state index contributed by atoms with van der Waals surface area (Å²) in [6, 6.07) is 14.4. The molecular formula is C20H22N4O2. The van der Waals surface area contributed by atoms with E-state index in [0.29, 0.717) is 6.04 Å². The Hall–Kier alpha value is -2.89. The Morgan fingerprint density at radius 3 is 2.50 bits per heavy atom. The van der Waals surface area contributed by atoms with Gasteiger partial charge in [-0.25, -0.2) is 0 Å². The van der Waals surface area contributed by atoms with Crippen LogP contribution in [-0.4, -0.2) is 44.8 Å². The summed E-state index contributed by atoms with van der Waals surface area (Å²) in [6.07, 6.45) is 4.81. The minimum Gasteiger partial charge on any atom is -0.481 e. The molecule has 1 atom stereocenters. The topological polar surface area (TPSA) is 60.2 Å². The third-order valence-electron chi connectivity index (χ3n) is 5.02. The van der Waals surface area contributed by atoms with E-state index in [1.165, 1.54) is 0 Å². The third kappa shape index (κ3) is 3.40. The summed E-state index contributed by atoms with van der Waals surface area (Å²) in [5.74, 6) is 0.768. The SMILES string of the molecule is C[C@H](Oc1ccc2ccccc2c1)C(=O)N1CCC(n2cnnc2)CC1. The van der Waals surface area contributed by atoms with Crippen molar-refractivity contribution in [1.29, 1.82) is 0 Å². The van der Waals surface area contributed by atoms with Crippen molar-refractivity contribution in [2.75, 3.05) is 13.1 Å². The predicted molar refractivity (Wildman–Crippen MR) is 98.9 cm³/mol. The molecule has 1 amide bonds. The maximum Gasteiger partial charge on any atom is 0.263 e. The quantitative estimate of drug-likeness (QED) is 0.726. The number of benzene rings is 2. The second-order valence-corrected chi connectivity index (χ2v) is 6.73. The van der Waals surface area contributed by atoms with Crippen LogP contribution in [0.15, 0.2) is 55.1 Å². The van der Waals surface area contributed by atoms with Crippen molar-refractivity contribution >= 4 is 16.7 Å². The normalized spacial score (nSPS) is 16.6. The van der Waals surface area contributed by atoms with Crippen LogP contribution in [0.5, 0.6) is 5.75 Å². The monoisotopic (exact) mass is 350 g/mol. The third-order valence-corrected chi connectivity index (χ3v) is 5.02. The number of nitrogens with zero attached hydrogens (tertiary/aromatic N) is 4. The van der Waals surface area contributed by atoms with Crippen LogP contribution in [0.25, 0.3) is 10.8 Å². The molecule has 1 fully saturated rings. The lowest BCUT2D eigenvalue weighted by Crippen LogP contribution is -2.45. The standard InChI is InChI=1S/C20H22N4O2/c1-15(26-19-7-6-16-4-2-3-5-17(16)12-19)20(25)23-10-8-18(9-11-23)24-13-21-22-14-24/h2-7,12-15,18H,8-11H2,1H3/t15-/m0/s1. The fraction of sp³-hybridized carbons (Fsp3) is 0.350. The van der Waals surface area contributed by atoms with Gasteiger partial charge in [0.1, 0.15) is 18.4 Å². The van der Waals surface area contributed by atoms with E-state index in [-0.39, 0.29) is 5.91 Å². The molecule has 3 aromatic rings. The lowest BCUT2D eigenvalue weighted by Gasteiger charge is -2.33. The second-order valence-electron chi connectivity index (χ2n) is 6.73. The number of amides is 1. The average Bonchev–Trinajstić information content (AvgIpc) is 3.22. The van der Waals surface area contributed by atoms with Crippen molar-refractivity contribution in [3.8, 4) is 5.75 Å². The van der Waals surface area contributed by atoms with Gasteiger partial charge in [-0.1, -0.05) is 30.3 Å². The van der Waals surface area contributed by atoms with Crippen molar-refractivity contribution in [3.63, 3.8) is 0 Å². The minimum atomic E-state index is -0.498. The van der Waals surface area contributed by atoms with Crippen LogP contribution in [0.4, 0.5) is 0 Å². The van der Waals surface area contributed by atoms with Crippen molar-refractivity contribution in [3.05, 3.63) is 55.1 Å². The molecule has 0 bridgehead atoms. The Morgan fingerprint density at radius 2 is 1.77 bits per heavy atom. The molecule has 6 nitrogen and oxygen atoms in total. The molecule has 2 aromatic carbocycles. The van der Waals surface area contributed by atoms with Crippen LogP contribution in [0.3, 0.4) is 0 Å². The highest BCUT2D eigenvalue weighted by Gasteiger charge is 2.27. The molecule has 0 radical (unpaired) electrons. The number of fused-ring (bicyclic) bond motifs is 1. The van der Waals surface area contributed by atoms with E-state index in [1.807, 2.05) is 52.8 Å². The van der Waals surface area contributed by atoms with Crippen molar-refractivity contribution in [1.82, 2.24) is 19.7 Å². The fourth-order valence-electron chi connectivity index (χ4n) is 3.53. The highest BCUT2D eigenvalue weighted by molar-refractivity contribution is 5.84. The zero-order valence-electron chi connectivity index (χ0n) is 14.8. The molecule has 0 saturated carbocycles. The van der Waals surface area contributed by atoms with Gasteiger partial charge in [0.25, 0.3) is 5.91 Å². The maximum atomic E-state index is 12.7. The number of likely N-dealkylation sites (tertiary alicyclic amines) is 1. The molecule has 6 heteroatoms. The second kappa shape index (κ2) is 7.15. The first-order valence-electron chi connectivity index (χ1n) is 8.99. The minimum absolute atomic E-state index is 0.0420. The Kier molecular flexibility index (Phi) is 4.56. The van der Waals surface area contributed by atoms with Gasteiger partial charge in [0.05, 0.1) is 0 Å². The van der Waals surface area contributed by atoms with Gasteiger partial charge < -0.3 is 14.2 Å². The van der Waals surface area contributed by atoms with Gasteiger partial charge in [-0.3, -0.25) is 4.79 Å². The molecule has 1 aromatic heterocycles. The van der Waals surface area contributed by atoms with Gasteiger partial charge in [-0.05, 0) is 42.7 Å². The Labute approximate surface area is 152 Å². The summed E-state index contributed by atoms with van der Waals surface area (Å²) in [7, 11) is 0.